The van der Waals surface area contributed by atoms with Crippen LogP contribution in [0.2, 0.25) is 10.0 Å². The van der Waals surface area contributed by atoms with Gasteiger partial charge in [0, 0.05) is 11.4 Å². The highest BCUT2D eigenvalue weighted by molar-refractivity contribution is 6.42. The van der Waals surface area contributed by atoms with Gasteiger partial charge < -0.3 is 10.6 Å². The van der Waals surface area contributed by atoms with E-state index in [1.54, 1.807) is 43.4 Å². The number of rotatable bonds is 6. The summed E-state index contributed by atoms with van der Waals surface area (Å²) in [5, 5.41) is 8.10. The monoisotopic (exact) mass is 408 g/mol. The van der Waals surface area contributed by atoms with Crippen LogP contribution in [0.15, 0.2) is 48.5 Å². The minimum atomic E-state index is -0.639. The number of amides is 4. The molecule has 142 valence electrons. The second-order valence-electron chi connectivity index (χ2n) is 5.72. The molecule has 0 radical (unpaired) electrons. The fourth-order valence-electron chi connectivity index (χ4n) is 2.17. The molecule has 0 bridgehead atoms. The number of urea groups is 1. The van der Waals surface area contributed by atoms with Crippen LogP contribution < -0.4 is 16.0 Å². The van der Waals surface area contributed by atoms with Gasteiger partial charge >= 0.3 is 6.03 Å². The lowest BCUT2D eigenvalue weighted by molar-refractivity contribution is -0.121. The number of para-hydroxylation sites is 1. The Labute approximate surface area is 166 Å². The highest BCUT2D eigenvalue weighted by Gasteiger charge is 2.13. The van der Waals surface area contributed by atoms with Crippen molar-refractivity contribution >= 4 is 52.4 Å². The zero-order chi connectivity index (χ0) is 19.8. The van der Waals surface area contributed by atoms with Crippen molar-refractivity contribution in [3.8, 4) is 0 Å². The molecule has 2 rings (SSSR count). The molecule has 0 fully saturated rings. The molecule has 0 aromatic heterocycles. The minimum Gasteiger partial charge on any atom is -0.325 e. The largest absolute Gasteiger partial charge is 0.325 e. The van der Waals surface area contributed by atoms with Gasteiger partial charge in [0.25, 0.3) is 0 Å². The van der Waals surface area contributed by atoms with Crippen molar-refractivity contribution in [2.45, 2.75) is 0 Å². The summed E-state index contributed by atoms with van der Waals surface area (Å²) in [5.41, 5.74) is 1.06. The fraction of sp³-hybridized carbons (Fsp3) is 0.167. The maximum absolute atomic E-state index is 12.0. The zero-order valence-electron chi connectivity index (χ0n) is 14.5. The molecule has 7 nitrogen and oxygen atoms in total. The predicted molar refractivity (Wildman–Crippen MR) is 106 cm³/mol. The van der Waals surface area contributed by atoms with E-state index in [0.29, 0.717) is 21.4 Å². The maximum atomic E-state index is 12.0. The molecule has 0 aliphatic rings. The molecule has 0 saturated heterocycles. The van der Waals surface area contributed by atoms with Gasteiger partial charge in [0.05, 0.1) is 23.1 Å². The van der Waals surface area contributed by atoms with Crippen LogP contribution in [0.5, 0.6) is 0 Å². The van der Waals surface area contributed by atoms with Crippen molar-refractivity contribution in [2.75, 3.05) is 30.8 Å². The number of hydrogen-bond donors (Lipinski definition) is 3. The normalized spacial score (nSPS) is 10.4. The van der Waals surface area contributed by atoms with E-state index in [1.165, 1.54) is 11.0 Å². The van der Waals surface area contributed by atoms with Crippen molar-refractivity contribution < 1.29 is 14.4 Å². The maximum Gasteiger partial charge on any atom is 0.325 e. The van der Waals surface area contributed by atoms with Crippen LogP contribution in [0.3, 0.4) is 0 Å². The average Bonchev–Trinajstić information content (AvgIpc) is 2.58. The van der Waals surface area contributed by atoms with E-state index in [0.717, 1.165) is 0 Å². The van der Waals surface area contributed by atoms with Crippen LogP contribution in [-0.2, 0) is 9.59 Å². The quantitative estimate of drug-likeness (QED) is 0.684. The first kappa shape index (κ1) is 20.7. The lowest BCUT2D eigenvalue weighted by Gasteiger charge is -2.16. The molecular weight excluding hydrogens is 391 g/mol. The molecule has 0 atom stereocenters. The zero-order valence-corrected chi connectivity index (χ0v) is 16.0. The van der Waals surface area contributed by atoms with Gasteiger partial charge in [0.15, 0.2) is 0 Å². The summed E-state index contributed by atoms with van der Waals surface area (Å²) >= 11 is 11.7. The number of likely N-dealkylation sites (N-methyl/N-ethyl adjacent to an activating group) is 1. The summed E-state index contributed by atoms with van der Waals surface area (Å²) in [6.45, 7) is -0.176. The molecule has 2 aromatic carbocycles. The number of carbonyl (C=O) groups is 3. The van der Waals surface area contributed by atoms with Crippen LogP contribution in [0.4, 0.5) is 16.2 Å². The van der Waals surface area contributed by atoms with Crippen LogP contribution in [0.1, 0.15) is 0 Å². The van der Waals surface area contributed by atoms with Crippen molar-refractivity contribution in [3.63, 3.8) is 0 Å². The second-order valence-corrected chi connectivity index (χ2v) is 6.53. The van der Waals surface area contributed by atoms with E-state index in [-0.39, 0.29) is 19.0 Å². The minimum absolute atomic E-state index is 0.0476. The van der Waals surface area contributed by atoms with Gasteiger partial charge in [0.2, 0.25) is 11.8 Å². The van der Waals surface area contributed by atoms with Gasteiger partial charge in [0.1, 0.15) is 0 Å². The van der Waals surface area contributed by atoms with E-state index in [4.69, 9.17) is 23.2 Å². The molecule has 0 saturated carbocycles. The first-order valence-electron chi connectivity index (χ1n) is 7.93. The third kappa shape index (κ3) is 7.26. The number of nitrogens with zero attached hydrogens (tertiary/aromatic N) is 1. The third-order valence-electron chi connectivity index (χ3n) is 3.32. The summed E-state index contributed by atoms with van der Waals surface area (Å²) in [4.78, 5) is 37.2. The van der Waals surface area contributed by atoms with E-state index < -0.39 is 11.9 Å². The second kappa shape index (κ2) is 9.91. The highest BCUT2D eigenvalue weighted by atomic mass is 35.5. The lowest BCUT2D eigenvalue weighted by atomic mass is 10.3. The fourth-order valence-corrected chi connectivity index (χ4v) is 2.47. The van der Waals surface area contributed by atoms with Crippen molar-refractivity contribution in [2.24, 2.45) is 0 Å². The van der Waals surface area contributed by atoms with Crippen LogP contribution >= 0.6 is 23.2 Å². The summed E-state index contributed by atoms with van der Waals surface area (Å²) in [6, 6.07) is 12.8. The van der Waals surface area contributed by atoms with Crippen LogP contribution in [0, 0.1) is 0 Å². The van der Waals surface area contributed by atoms with Crippen LogP contribution in [0.25, 0.3) is 0 Å². The molecule has 0 unspecified atom stereocenters. The SMILES string of the molecule is CN(CC(=O)NC(=O)Nc1ccccc1)CC(=O)Nc1ccc(Cl)c(Cl)c1. The lowest BCUT2D eigenvalue weighted by Crippen LogP contribution is -2.42. The first-order valence-corrected chi connectivity index (χ1v) is 8.68. The summed E-state index contributed by atoms with van der Waals surface area (Å²) in [6.07, 6.45) is 0. The topological polar surface area (TPSA) is 90.5 Å². The highest BCUT2D eigenvalue weighted by Crippen LogP contribution is 2.24. The Bertz CT molecular complexity index is 831. The van der Waals surface area contributed by atoms with Gasteiger partial charge in [-0.15, -0.1) is 0 Å². The molecule has 2 aromatic rings. The van der Waals surface area contributed by atoms with Crippen molar-refractivity contribution in [1.82, 2.24) is 10.2 Å². The molecule has 0 spiro atoms. The molecule has 4 amide bonds. The number of anilines is 2. The number of benzene rings is 2. The van der Waals surface area contributed by atoms with Crippen molar-refractivity contribution in [3.05, 3.63) is 58.6 Å². The molecule has 27 heavy (non-hydrogen) atoms. The first-order chi connectivity index (χ1) is 12.8. The summed E-state index contributed by atoms with van der Waals surface area (Å²) in [7, 11) is 1.59. The van der Waals surface area contributed by atoms with E-state index in [1.807, 2.05) is 6.07 Å². The summed E-state index contributed by atoms with van der Waals surface area (Å²) < 4.78 is 0. The van der Waals surface area contributed by atoms with Gasteiger partial charge in [-0.1, -0.05) is 41.4 Å². The number of hydrogen-bond acceptors (Lipinski definition) is 4. The Kier molecular flexibility index (Phi) is 7.60. The smallest absolute Gasteiger partial charge is 0.325 e. The Morgan fingerprint density at radius 3 is 2.19 bits per heavy atom. The van der Waals surface area contributed by atoms with E-state index in [2.05, 4.69) is 16.0 Å². The molecule has 0 aliphatic heterocycles. The summed E-state index contributed by atoms with van der Waals surface area (Å²) in [5.74, 6) is -0.870. The van der Waals surface area contributed by atoms with E-state index >= 15 is 0 Å². The molecule has 9 heteroatoms. The molecule has 0 heterocycles. The van der Waals surface area contributed by atoms with Crippen molar-refractivity contribution in [1.29, 1.82) is 0 Å². The van der Waals surface area contributed by atoms with Gasteiger partial charge in [-0.2, -0.15) is 0 Å². The van der Waals surface area contributed by atoms with Gasteiger partial charge in [-0.05, 0) is 37.4 Å². The standard InChI is InChI=1S/C18H18Cl2N4O3/c1-24(10-16(25)21-13-7-8-14(19)15(20)9-13)11-17(26)23-18(27)22-12-5-3-2-4-6-12/h2-9H,10-11H2,1H3,(H,21,25)(H2,22,23,26,27). The Morgan fingerprint density at radius 2 is 1.52 bits per heavy atom. The molecule has 3 N–H and O–H groups in total. The molecular formula is C18H18Cl2N4O3. The van der Waals surface area contributed by atoms with E-state index in [9.17, 15) is 14.4 Å². The number of carbonyl (C=O) groups excluding carboxylic acids is 3. The van der Waals surface area contributed by atoms with Gasteiger partial charge in [-0.3, -0.25) is 19.8 Å². The molecule has 0 aliphatic carbocycles. The Hall–Kier alpha value is -2.61. The van der Waals surface area contributed by atoms with Crippen LogP contribution in [-0.4, -0.2) is 42.9 Å². The number of imide groups is 1. The predicted octanol–water partition coefficient (Wildman–Crippen LogP) is 3.21. The Morgan fingerprint density at radius 1 is 0.852 bits per heavy atom. The third-order valence-corrected chi connectivity index (χ3v) is 4.05. The average molecular weight is 409 g/mol. The number of halogens is 2. The number of nitrogens with one attached hydrogen (secondary N) is 3. The van der Waals surface area contributed by atoms with Gasteiger partial charge in [-0.25, -0.2) is 4.79 Å². The Balaban J connectivity index is 1.75.